The molecule has 1 saturated heterocycles. The lowest BCUT2D eigenvalue weighted by Crippen LogP contribution is -2.32. The van der Waals surface area contributed by atoms with E-state index in [9.17, 15) is 14.7 Å². The summed E-state index contributed by atoms with van der Waals surface area (Å²) in [6.07, 6.45) is 6.17. The molecule has 0 bridgehead atoms. The molecule has 1 aromatic carbocycles. The first-order chi connectivity index (χ1) is 16.3. The Morgan fingerprint density at radius 1 is 1.21 bits per heavy atom. The van der Waals surface area contributed by atoms with Crippen molar-refractivity contribution in [3.63, 3.8) is 0 Å². The van der Waals surface area contributed by atoms with E-state index in [1.165, 1.54) is 24.2 Å². The van der Waals surface area contributed by atoms with E-state index in [0.717, 1.165) is 24.3 Å². The standard InChI is InChI=1S/C21H24N4O3S.C4H8O/c1-21(2,3)25-8-7-16(11-25)19(28)22-10-18(27)24-20-23-17(13-29-20)15-6-4-5-14(9-15)12-26;1-2-4-5-3-1/h4-9,11,13,26H,10,12H2,1-3H3,(H,22,28)(H,23,24,27);1-4H2. The van der Waals surface area contributed by atoms with Gasteiger partial charge in [0, 0.05) is 42.1 Å². The molecule has 2 amide bonds. The molecule has 3 N–H and O–H groups in total. The first kappa shape index (κ1) is 25.6. The van der Waals surface area contributed by atoms with Crippen molar-refractivity contribution in [1.29, 1.82) is 0 Å². The van der Waals surface area contributed by atoms with Crippen LogP contribution in [-0.4, -0.2) is 46.2 Å². The fourth-order valence-corrected chi connectivity index (χ4v) is 3.91. The van der Waals surface area contributed by atoms with Gasteiger partial charge in [0.1, 0.15) is 0 Å². The third-order valence-electron chi connectivity index (χ3n) is 5.12. The Labute approximate surface area is 204 Å². The quantitative estimate of drug-likeness (QED) is 0.490. The molecule has 0 unspecified atom stereocenters. The van der Waals surface area contributed by atoms with Crippen LogP contribution in [0.3, 0.4) is 0 Å². The SMILES string of the molecule is C1CCOC1.CC(C)(C)n1ccc(C(=O)NCC(=O)Nc2nc(-c3cccc(CO)c3)cs2)c1. The van der Waals surface area contributed by atoms with Gasteiger partial charge in [0.25, 0.3) is 5.91 Å². The van der Waals surface area contributed by atoms with Gasteiger partial charge < -0.3 is 25.0 Å². The number of carbonyl (C=O) groups is 2. The highest BCUT2D eigenvalue weighted by Gasteiger charge is 2.16. The molecule has 0 saturated carbocycles. The molecule has 1 aliphatic rings. The van der Waals surface area contributed by atoms with Gasteiger partial charge in [-0.05, 0) is 51.3 Å². The van der Waals surface area contributed by atoms with Crippen molar-refractivity contribution in [1.82, 2.24) is 14.9 Å². The number of nitrogens with one attached hydrogen (secondary N) is 2. The van der Waals surface area contributed by atoms with Gasteiger partial charge in [-0.25, -0.2) is 4.98 Å². The zero-order valence-electron chi connectivity index (χ0n) is 19.8. The number of aliphatic hydroxyl groups excluding tert-OH is 1. The topological polar surface area (TPSA) is 105 Å². The average molecular weight is 485 g/mol. The molecule has 1 aliphatic heterocycles. The lowest BCUT2D eigenvalue weighted by Gasteiger charge is -2.20. The van der Waals surface area contributed by atoms with E-state index < -0.39 is 0 Å². The summed E-state index contributed by atoms with van der Waals surface area (Å²) in [6.45, 7) is 7.95. The predicted octanol–water partition coefficient (Wildman–Crippen LogP) is 4.02. The van der Waals surface area contributed by atoms with Gasteiger partial charge in [-0.1, -0.05) is 18.2 Å². The van der Waals surface area contributed by atoms with Crippen molar-refractivity contribution in [2.75, 3.05) is 25.1 Å². The number of ether oxygens (including phenoxy) is 1. The largest absolute Gasteiger partial charge is 0.392 e. The second-order valence-corrected chi connectivity index (χ2v) is 9.78. The molecule has 0 atom stereocenters. The van der Waals surface area contributed by atoms with Crippen LogP contribution in [0.4, 0.5) is 5.13 Å². The maximum atomic E-state index is 12.3. The predicted molar refractivity (Wildman–Crippen MR) is 134 cm³/mol. The summed E-state index contributed by atoms with van der Waals surface area (Å²) in [5.41, 5.74) is 2.77. The third kappa shape index (κ3) is 7.51. The summed E-state index contributed by atoms with van der Waals surface area (Å²) in [6, 6.07) is 9.15. The molecule has 3 heterocycles. The van der Waals surface area contributed by atoms with Gasteiger partial charge in [-0.3, -0.25) is 9.59 Å². The molecular weight excluding hydrogens is 452 g/mol. The number of hydrogen-bond acceptors (Lipinski definition) is 6. The zero-order chi connectivity index (χ0) is 24.6. The van der Waals surface area contributed by atoms with Gasteiger partial charge in [0.05, 0.1) is 24.4 Å². The highest BCUT2D eigenvalue weighted by molar-refractivity contribution is 7.14. The van der Waals surface area contributed by atoms with Crippen molar-refractivity contribution >= 4 is 28.3 Å². The first-order valence-corrected chi connectivity index (χ1v) is 12.1. The Morgan fingerprint density at radius 2 is 1.97 bits per heavy atom. The number of anilines is 1. The average Bonchev–Trinajstić information content (AvgIpc) is 3.60. The molecule has 182 valence electrons. The van der Waals surface area contributed by atoms with Crippen LogP contribution in [0.2, 0.25) is 0 Å². The van der Waals surface area contributed by atoms with E-state index in [1.54, 1.807) is 12.3 Å². The lowest BCUT2D eigenvalue weighted by molar-refractivity contribution is -0.115. The molecule has 8 nitrogen and oxygen atoms in total. The van der Waals surface area contributed by atoms with E-state index in [4.69, 9.17) is 4.74 Å². The van der Waals surface area contributed by atoms with Crippen molar-refractivity contribution < 1.29 is 19.4 Å². The number of aromatic nitrogens is 2. The third-order valence-corrected chi connectivity index (χ3v) is 5.88. The highest BCUT2D eigenvalue weighted by Crippen LogP contribution is 2.25. The zero-order valence-corrected chi connectivity index (χ0v) is 20.7. The number of hydrogen-bond donors (Lipinski definition) is 3. The Hall–Kier alpha value is -3.01. The van der Waals surface area contributed by atoms with Crippen LogP contribution in [-0.2, 0) is 21.7 Å². The van der Waals surface area contributed by atoms with Crippen molar-refractivity contribution in [3.8, 4) is 11.3 Å². The summed E-state index contributed by atoms with van der Waals surface area (Å²) in [5, 5.41) is 16.9. The van der Waals surface area contributed by atoms with E-state index in [-0.39, 0.29) is 30.5 Å². The van der Waals surface area contributed by atoms with Gasteiger partial charge in [-0.15, -0.1) is 11.3 Å². The van der Waals surface area contributed by atoms with Crippen molar-refractivity contribution in [2.45, 2.75) is 45.8 Å². The molecule has 4 rings (SSSR count). The molecule has 0 radical (unpaired) electrons. The van der Waals surface area contributed by atoms with Gasteiger partial charge in [0.15, 0.2) is 5.13 Å². The fourth-order valence-electron chi connectivity index (χ4n) is 3.18. The minimum Gasteiger partial charge on any atom is -0.392 e. The van der Waals surface area contributed by atoms with Crippen LogP contribution in [0.1, 0.15) is 49.5 Å². The van der Waals surface area contributed by atoms with Crippen LogP contribution in [0.5, 0.6) is 0 Å². The maximum Gasteiger partial charge on any atom is 0.253 e. The molecule has 3 aromatic rings. The number of carbonyl (C=O) groups excluding carboxylic acids is 2. The number of thiazole rings is 1. The number of aliphatic hydroxyl groups is 1. The Kier molecular flexibility index (Phi) is 8.98. The minimum atomic E-state index is -0.349. The molecule has 2 aromatic heterocycles. The van der Waals surface area contributed by atoms with E-state index in [2.05, 4.69) is 15.6 Å². The summed E-state index contributed by atoms with van der Waals surface area (Å²) in [5.74, 6) is -0.651. The van der Waals surface area contributed by atoms with Crippen LogP contribution in [0.25, 0.3) is 11.3 Å². The van der Waals surface area contributed by atoms with Crippen LogP contribution >= 0.6 is 11.3 Å². The van der Waals surface area contributed by atoms with Crippen LogP contribution in [0, 0.1) is 0 Å². The van der Waals surface area contributed by atoms with Crippen molar-refractivity contribution in [3.05, 3.63) is 59.2 Å². The molecule has 1 fully saturated rings. The second-order valence-electron chi connectivity index (χ2n) is 8.92. The molecule has 34 heavy (non-hydrogen) atoms. The lowest BCUT2D eigenvalue weighted by atomic mass is 10.1. The molecular formula is C25H32N4O4S. The van der Waals surface area contributed by atoms with Crippen molar-refractivity contribution in [2.24, 2.45) is 0 Å². The fraction of sp³-hybridized carbons (Fsp3) is 0.400. The van der Waals surface area contributed by atoms with Crippen LogP contribution < -0.4 is 10.6 Å². The summed E-state index contributed by atoms with van der Waals surface area (Å²) >= 11 is 1.30. The number of rotatable bonds is 6. The van der Waals surface area contributed by atoms with Gasteiger partial charge in [-0.2, -0.15) is 0 Å². The number of benzene rings is 1. The van der Waals surface area contributed by atoms with E-state index in [1.807, 2.05) is 61.2 Å². The second kappa shape index (κ2) is 11.9. The van der Waals surface area contributed by atoms with Crippen LogP contribution in [0.15, 0.2) is 48.1 Å². The van der Waals surface area contributed by atoms with E-state index in [0.29, 0.717) is 16.4 Å². The summed E-state index contributed by atoms with van der Waals surface area (Å²) in [4.78, 5) is 28.8. The highest BCUT2D eigenvalue weighted by atomic mass is 32.1. The number of nitrogens with zero attached hydrogens (tertiary/aromatic N) is 2. The minimum absolute atomic E-state index is 0.0413. The first-order valence-electron chi connectivity index (χ1n) is 11.3. The monoisotopic (exact) mass is 484 g/mol. The smallest absolute Gasteiger partial charge is 0.253 e. The normalized spacial score (nSPS) is 13.2. The number of amides is 2. The Bertz CT molecular complexity index is 1090. The molecule has 9 heteroatoms. The maximum absolute atomic E-state index is 12.3. The van der Waals surface area contributed by atoms with E-state index >= 15 is 0 Å². The Balaban J connectivity index is 0.000000574. The molecule has 0 aliphatic carbocycles. The van der Waals surface area contributed by atoms with Gasteiger partial charge >= 0.3 is 0 Å². The Morgan fingerprint density at radius 3 is 2.59 bits per heavy atom. The van der Waals surface area contributed by atoms with Gasteiger partial charge in [0.2, 0.25) is 5.91 Å². The summed E-state index contributed by atoms with van der Waals surface area (Å²) in [7, 11) is 0. The summed E-state index contributed by atoms with van der Waals surface area (Å²) < 4.78 is 6.89. The molecule has 0 spiro atoms.